The van der Waals surface area contributed by atoms with Gasteiger partial charge in [0.2, 0.25) is 5.78 Å². The zero-order valence-electron chi connectivity index (χ0n) is 8.96. The fraction of sp³-hybridized carbons (Fsp3) is 0.222. The summed E-state index contributed by atoms with van der Waals surface area (Å²) in [6, 6.07) is 4.29. The van der Waals surface area contributed by atoms with Crippen LogP contribution < -0.4 is 0 Å². The summed E-state index contributed by atoms with van der Waals surface area (Å²) in [5.74, 6) is -1.05. The fourth-order valence-corrected chi connectivity index (χ4v) is 1.74. The first kappa shape index (κ1) is 14.9. The minimum absolute atomic E-state index is 0.129. The maximum atomic E-state index is 11.8. The highest BCUT2D eigenvalue weighted by molar-refractivity contribution is 7.95. The van der Waals surface area contributed by atoms with E-state index in [1.165, 1.54) is 0 Å². The second kappa shape index (κ2) is 4.83. The van der Waals surface area contributed by atoms with Crippen LogP contribution in [0.1, 0.15) is 10.4 Å². The SMILES string of the molecule is CS(=O)(=O)C(Cl)(Cl)C(=O)c1ccc([N+](=O)[O-])cc1. The number of nitro groups is 1. The van der Waals surface area contributed by atoms with Crippen LogP contribution in [0.15, 0.2) is 24.3 Å². The largest absolute Gasteiger partial charge is 0.290 e. The topological polar surface area (TPSA) is 94.3 Å². The van der Waals surface area contributed by atoms with Crippen LogP contribution in [0.2, 0.25) is 0 Å². The summed E-state index contributed by atoms with van der Waals surface area (Å²) in [5.41, 5.74) is -0.364. The number of hydrogen-bond donors (Lipinski definition) is 0. The molecular formula is C9H7Cl2NO5S. The number of hydrogen-bond acceptors (Lipinski definition) is 5. The second-order valence-corrected chi connectivity index (χ2v) is 7.35. The Hall–Kier alpha value is -1.18. The highest BCUT2D eigenvalue weighted by Crippen LogP contribution is 2.32. The molecule has 0 heterocycles. The minimum atomic E-state index is -4.03. The van der Waals surface area contributed by atoms with Crippen LogP contribution in [0.3, 0.4) is 0 Å². The van der Waals surface area contributed by atoms with E-state index in [0.717, 1.165) is 30.5 Å². The van der Waals surface area contributed by atoms with E-state index in [4.69, 9.17) is 23.2 Å². The number of nitrogens with zero attached hydrogens (tertiary/aromatic N) is 1. The number of sulfone groups is 1. The van der Waals surface area contributed by atoms with E-state index in [-0.39, 0.29) is 11.3 Å². The van der Waals surface area contributed by atoms with Gasteiger partial charge in [0, 0.05) is 24.0 Å². The zero-order valence-corrected chi connectivity index (χ0v) is 11.3. The molecule has 0 N–H and O–H groups in total. The van der Waals surface area contributed by atoms with Gasteiger partial charge >= 0.3 is 0 Å². The third kappa shape index (κ3) is 2.80. The molecule has 1 aromatic carbocycles. The van der Waals surface area contributed by atoms with Gasteiger partial charge in [0.05, 0.1) is 4.92 Å². The molecule has 98 valence electrons. The van der Waals surface area contributed by atoms with Crippen molar-refractivity contribution in [2.75, 3.05) is 6.26 Å². The van der Waals surface area contributed by atoms with Gasteiger partial charge in [-0.25, -0.2) is 8.42 Å². The highest BCUT2D eigenvalue weighted by atomic mass is 35.5. The molecule has 0 saturated heterocycles. The second-order valence-electron chi connectivity index (χ2n) is 3.42. The molecule has 0 radical (unpaired) electrons. The van der Waals surface area contributed by atoms with E-state index >= 15 is 0 Å². The Morgan fingerprint density at radius 3 is 2.06 bits per heavy atom. The normalized spacial score (nSPS) is 12.2. The van der Waals surface area contributed by atoms with Gasteiger partial charge in [-0.15, -0.1) is 0 Å². The van der Waals surface area contributed by atoms with Gasteiger partial charge in [0.25, 0.3) is 9.35 Å². The molecule has 1 rings (SSSR count). The van der Waals surface area contributed by atoms with E-state index in [9.17, 15) is 23.3 Å². The predicted molar refractivity (Wildman–Crippen MR) is 66.7 cm³/mol. The van der Waals surface area contributed by atoms with E-state index in [1.54, 1.807) is 0 Å². The van der Waals surface area contributed by atoms with E-state index < -0.39 is 24.2 Å². The van der Waals surface area contributed by atoms with Crippen LogP contribution in [-0.2, 0) is 9.84 Å². The third-order valence-electron chi connectivity index (χ3n) is 2.07. The lowest BCUT2D eigenvalue weighted by Gasteiger charge is -2.15. The predicted octanol–water partition coefficient (Wildman–Crippen LogP) is 1.95. The summed E-state index contributed by atoms with van der Waals surface area (Å²) in [6.07, 6.45) is 0.719. The molecule has 0 spiro atoms. The van der Waals surface area contributed by atoms with Crippen molar-refractivity contribution in [2.24, 2.45) is 0 Å². The van der Waals surface area contributed by atoms with Gasteiger partial charge in [-0.3, -0.25) is 14.9 Å². The molecule has 0 aliphatic carbocycles. The first-order valence-corrected chi connectivity index (χ1v) is 7.09. The summed E-state index contributed by atoms with van der Waals surface area (Å²) < 4.78 is 19.9. The van der Waals surface area contributed by atoms with Crippen LogP contribution in [-0.4, -0.2) is 29.0 Å². The molecule has 6 nitrogen and oxygen atoms in total. The molecule has 0 aliphatic heterocycles. The van der Waals surface area contributed by atoms with Crippen molar-refractivity contribution >= 4 is 44.5 Å². The third-order valence-corrected chi connectivity index (χ3v) is 5.21. The molecule has 0 fully saturated rings. The van der Waals surface area contributed by atoms with Crippen molar-refractivity contribution in [3.05, 3.63) is 39.9 Å². The zero-order chi connectivity index (χ0) is 14.1. The number of carbonyl (C=O) groups excluding carboxylic acids is 1. The van der Waals surface area contributed by atoms with E-state index in [1.807, 2.05) is 0 Å². The number of rotatable bonds is 4. The molecule has 0 saturated carbocycles. The number of carbonyl (C=O) groups is 1. The van der Waals surface area contributed by atoms with Gasteiger partial charge in [-0.1, -0.05) is 23.2 Å². The van der Waals surface area contributed by atoms with Gasteiger partial charge in [-0.05, 0) is 12.1 Å². The number of Topliss-reactive ketones (excluding diaryl/α,β-unsaturated/α-hetero) is 1. The van der Waals surface area contributed by atoms with Crippen molar-refractivity contribution in [3.8, 4) is 0 Å². The quantitative estimate of drug-likeness (QED) is 0.366. The minimum Gasteiger partial charge on any atom is -0.290 e. The van der Waals surface area contributed by atoms with Gasteiger partial charge in [0.15, 0.2) is 9.84 Å². The number of halogens is 2. The smallest absolute Gasteiger partial charge is 0.280 e. The molecule has 0 bridgehead atoms. The summed E-state index contributed by atoms with van der Waals surface area (Å²) in [4.78, 5) is 21.5. The van der Waals surface area contributed by atoms with E-state index in [2.05, 4.69) is 0 Å². The van der Waals surface area contributed by atoms with Gasteiger partial charge in [-0.2, -0.15) is 0 Å². The number of ketones is 1. The first-order valence-electron chi connectivity index (χ1n) is 4.44. The van der Waals surface area contributed by atoms with Crippen LogP contribution in [0.5, 0.6) is 0 Å². The highest BCUT2D eigenvalue weighted by Gasteiger charge is 2.44. The fourth-order valence-electron chi connectivity index (χ4n) is 1.07. The molecule has 18 heavy (non-hydrogen) atoms. The van der Waals surface area contributed by atoms with Gasteiger partial charge < -0.3 is 0 Å². The summed E-state index contributed by atoms with van der Waals surface area (Å²) in [7, 11) is -4.03. The Bertz CT molecular complexity index is 594. The maximum Gasteiger partial charge on any atom is 0.280 e. The number of alkyl halides is 2. The number of nitro benzene ring substituents is 1. The van der Waals surface area contributed by atoms with E-state index in [0.29, 0.717) is 0 Å². The Labute approximate surface area is 113 Å². The monoisotopic (exact) mass is 311 g/mol. The average Bonchev–Trinajstić information content (AvgIpc) is 2.26. The lowest BCUT2D eigenvalue weighted by Crippen LogP contribution is -2.34. The summed E-state index contributed by atoms with van der Waals surface area (Å²) in [5, 5.41) is 10.4. The summed E-state index contributed by atoms with van der Waals surface area (Å²) in [6.45, 7) is 0. The first-order chi connectivity index (χ1) is 8.07. The molecule has 0 unspecified atom stereocenters. The van der Waals surface area contributed by atoms with Crippen molar-refractivity contribution in [1.82, 2.24) is 0 Å². The van der Waals surface area contributed by atoms with Crippen LogP contribution >= 0.6 is 23.2 Å². The molecule has 0 amide bonds. The Balaban J connectivity index is 3.17. The summed E-state index contributed by atoms with van der Waals surface area (Å²) >= 11 is 11.0. The standard InChI is InChI=1S/C9H7Cl2NO5S/c1-18(16,17)9(10,11)8(13)6-2-4-7(5-3-6)12(14)15/h2-5H,1H3. The molecular weight excluding hydrogens is 305 g/mol. The molecule has 1 aromatic rings. The van der Waals surface area contributed by atoms with Crippen molar-refractivity contribution < 1.29 is 18.1 Å². The Morgan fingerprint density at radius 1 is 1.28 bits per heavy atom. The van der Waals surface area contributed by atoms with Crippen LogP contribution in [0.25, 0.3) is 0 Å². The van der Waals surface area contributed by atoms with Crippen LogP contribution in [0.4, 0.5) is 5.69 Å². The molecule has 0 aromatic heterocycles. The molecule has 0 aliphatic rings. The maximum absolute atomic E-state index is 11.8. The lowest BCUT2D eigenvalue weighted by atomic mass is 10.1. The Morgan fingerprint density at radius 2 is 1.72 bits per heavy atom. The molecule has 9 heteroatoms. The van der Waals surface area contributed by atoms with Crippen molar-refractivity contribution in [3.63, 3.8) is 0 Å². The van der Waals surface area contributed by atoms with Gasteiger partial charge in [0.1, 0.15) is 0 Å². The van der Waals surface area contributed by atoms with Crippen LogP contribution in [0, 0.1) is 10.1 Å². The Kier molecular flexibility index (Phi) is 3.99. The van der Waals surface area contributed by atoms with Crippen molar-refractivity contribution in [2.45, 2.75) is 3.67 Å². The average molecular weight is 312 g/mol. The molecule has 0 atom stereocenters. The number of benzene rings is 1. The lowest BCUT2D eigenvalue weighted by molar-refractivity contribution is -0.384. The number of non-ortho nitro benzene ring substituents is 1. The van der Waals surface area contributed by atoms with Crippen molar-refractivity contribution in [1.29, 1.82) is 0 Å².